The minimum absolute atomic E-state index is 0.204. The van der Waals surface area contributed by atoms with E-state index in [-0.39, 0.29) is 11.9 Å². The Bertz CT molecular complexity index is 1300. The Balaban J connectivity index is 0.000000274. The molecule has 46 heavy (non-hydrogen) atoms. The van der Waals surface area contributed by atoms with Gasteiger partial charge in [0.25, 0.3) is 0 Å². The monoisotopic (exact) mass is 756 g/mol. The maximum Gasteiger partial charge on any atom is 0.306 e. The number of hydrogen-bond acceptors (Lipinski definition) is 5. The zero-order valence-corrected chi connectivity index (χ0v) is 31.5. The first kappa shape index (κ1) is 39.4. The molecule has 3 aromatic carbocycles. The lowest BCUT2D eigenvalue weighted by Crippen LogP contribution is -2.24. The molecular weight excluding hydrogens is 708 g/mol. The number of ketones is 1. The largest absolute Gasteiger partial charge is 0.460 e. The van der Waals surface area contributed by atoms with Gasteiger partial charge in [-0.25, -0.2) is 0 Å². The number of carbonyl (C=O) groups excluding carboxylic acids is 3. The molecule has 0 heterocycles. The van der Waals surface area contributed by atoms with Crippen LogP contribution in [-0.2, 0) is 60.2 Å². The summed E-state index contributed by atoms with van der Waals surface area (Å²) in [6.45, 7) is 11.2. The summed E-state index contributed by atoms with van der Waals surface area (Å²) < 4.78 is 10.7. The Labute approximate surface area is 293 Å². The molecule has 250 valence electrons. The van der Waals surface area contributed by atoms with Crippen molar-refractivity contribution in [3.63, 3.8) is 0 Å². The number of halogens is 2. The van der Waals surface area contributed by atoms with E-state index in [9.17, 15) is 14.4 Å². The van der Waals surface area contributed by atoms with E-state index in [1.165, 1.54) is 22.3 Å². The molecule has 0 saturated carbocycles. The van der Waals surface area contributed by atoms with Crippen LogP contribution in [0, 0.1) is 0 Å². The zero-order chi connectivity index (χ0) is 34.2. The highest BCUT2D eigenvalue weighted by Crippen LogP contribution is 2.19. The highest BCUT2D eigenvalue weighted by molar-refractivity contribution is 9.09. The van der Waals surface area contributed by atoms with Crippen LogP contribution < -0.4 is 0 Å². The van der Waals surface area contributed by atoms with Crippen molar-refractivity contribution in [3.05, 3.63) is 106 Å². The van der Waals surface area contributed by atoms with Crippen molar-refractivity contribution in [3.8, 4) is 0 Å². The topological polar surface area (TPSA) is 69.7 Å². The molecule has 1 aliphatic rings. The molecule has 7 heteroatoms. The molecular formula is C39H50Br2O5. The molecule has 1 aliphatic carbocycles. The van der Waals surface area contributed by atoms with Crippen LogP contribution in [0.5, 0.6) is 0 Å². The van der Waals surface area contributed by atoms with Gasteiger partial charge in [0.2, 0.25) is 0 Å². The molecule has 0 unspecified atom stereocenters. The first-order chi connectivity index (χ1) is 21.7. The second kappa shape index (κ2) is 19.8. The van der Waals surface area contributed by atoms with Gasteiger partial charge in [-0.1, -0.05) is 105 Å². The molecule has 0 N–H and O–H groups in total. The fourth-order valence-corrected chi connectivity index (χ4v) is 5.93. The van der Waals surface area contributed by atoms with Gasteiger partial charge in [0.1, 0.15) is 17.0 Å². The summed E-state index contributed by atoms with van der Waals surface area (Å²) in [6.07, 6.45) is 5.23. The number of fused-ring (bicyclic) bond motifs is 1. The number of ether oxygens (including phenoxy) is 2. The van der Waals surface area contributed by atoms with Crippen LogP contribution in [0.3, 0.4) is 0 Å². The van der Waals surface area contributed by atoms with Crippen molar-refractivity contribution in [1.29, 1.82) is 0 Å². The van der Waals surface area contributed by atoms with Crippen LogP contribution in [0.4, 0.5) is 0 Å². The fourth-order valence-electron chi connectivity index (χ4n) is 4.84. The smallest absolute Gasteiger partial charge is 0.306 e. The van der Waals surface area contributed by atoms with Gasteiger partial charge >= 0.3 is 11.9 Å². The summed E-state index contributed by atoms with van der Waals surface area (Å²) in [7, 11) is 0. The summed E-state index contributed by atoms with van der Waals surface area (Å²) in [4.78, 5) is 34.9. The summed E-state index contributed by atoms with van der Waals surface area (Å²) >= 11 is 6.86. The molecule has 0 atom stereocenters. The number of carbonyl (C=O) groups is 3. The van der Waals surface area contributed by atoms with Crippen molar-refractivity contribution in [2.45, 2.75) is 115 Å². The van der Waals surface area contributed by atoms with Crippen LogP contribution >= 0.6 is 31.9 Å². The minimum atomic E-state index is -0.465. The quantitative estimate of drug-likeness (QED) is 0.130. The molecule has 0 saturated heterocycles. The number of Topliss-reactive ketones (excluding diaryl/α,β-unsaturated/α-hetero) is 1. The van der Waals surface area contributed by atoms with E-state index in [0.717, 1.165) is 47.5 Å². The lowest BCUT2D eigenvalue weighted by Gasteiger charge is -2.20. The van der Waals surface area contributed by atoms with Gasteiger partial charge in [-0.2, -0.15) is 0 Å². The van der Waals surface area contributed by atoms with E-state index in [4.69, 9.17) is 9.47 Å². The summed E-state index contributed by atoms with van der Waals surface area (Å²) in [5.74, 6) is 0.0000840. The van der Waals surface area contributed by atoms with Crippen molar-refractivity contribution >= 4 is 49.6 Å². The third-order valence-electron chi connectivity index (χ3n) is 7.03. The normalized spacial score (nSPS) is 12.7. The summed E-state index contributed by atoms with van der Waals surface area (Å²) in [6, 6.07) is 24.6. The number of benzene rings is 3. The highest BCUT2D eigenvalue weighted by Gasteiger charge is 2.18. The molecule has 0 radical (unpaired) electrons. The minimum Gasteiger partial charge on any atom is -0.460 e. The van der Waals surface area contributed by atoms with Gasteiger partial charge in [0.05, 0.1) is 0 Å². The molecule has 0 aliphatic heterocycles. The molecule has 0 fully saturated rings. The van der Waals surface area contributed by atoms with Crippen LogP contribution in [0.2, 0.25) is 0 Å². The Hall–Kier alpha value is -2.77. The van der Waals surface area contributed by atoms with E-state index in [1.807, 2.05) is 65.8 Å². The first-order valence-corrected chi connectivity index (χ1v) is 18.2. The number of alkyl halides is 2. The lowest BCUT2D eigenvalue weighted by atomic mass is 9.99. The van der Waals surface area contributed by atoms with Crippen LogP contribution in [0.1, 0.15) is 101 Å². The fraction of sp³-hybridized carbons (Fsp3) is 0.462. The van der Waals surface area contributed by atoms with Gasteiger partial charge in [0, 0.05) is 36.3 Å². The molecule has 3 aromatic rings. The average molecular weight is 759 g/mol. The molecule has 0 aromatic heterocycles. The Morgan fingerprint density at radius 3 is 1.22 bits per heavy atom. The SMILES string of the molecule is BrCc1ccccc1CBr.CC(C)(C)OC(=O)CCc1ccccc1CCC(=O)OC(C)(C)C.O=C1CCc2ccccc2CC1. The standard InChI is InChI=1S/C20H30O4.C11H12O.C8H8Br2/c1-19(2,3)23-17(21)13-11-15-9-7-8-10-16(15)12-14-18(22)24-20(4,5)6;12-11-7-5-9-3-1-2-4-10(9)6-8-11;9-5-7-3-1-2-4-8(7)6-10/h7-10H,11-14H2,1-6H3;1-4H,5-8H2;1-4H,5-6H2. The Morgan fingerprint density at radius 2 is 0.891 bits per heavy atom. The molecule has 0 bridgehead atoms. The van der Waals surface area contributed by atoms with E-state index in [0.29, 0.717) is 31.5 Å². The summed E-state index contributed by atoms with van der Waals surface area (Å²) in [5, 5.41) is 1.88. The maximum atomic E-state index is 11.9. The summed E-state index contributed by atoms with van der Waals surface area (Å²) in [5.41, 5.74) is 6.67. The number of aryl methyl sites for hydroxylation is 4. The van der Waals surface area contributed by atoms with E-state index in [1.54, 1.807) is 0 Å². The van der Waals surface area contributed by atoms with Gasteiger partial charge in [-0.05, 0) is 101 Å². The highest BCUT2D eigenvalue weighted by atomic mass is 79.9. The Morgan fingerprint density at radius 1 is 0.565 bits per heavy atom. The number of esters is 2. The van der Waals surface area contributed by atoms with Crippen LogP contribution in [0.15, 0.2) is 72.8 Å². The van der Waals surface area contributed by atoms with Gasteiger partial charge in [-0.15, -0.1) is 0 Å². The third kappa shape index (κ3) is 16.2. The van der Waals surface area contributed by atoms with Gasteiger partial charge < -0.3 is 9.47 Å². The number of hydrogen-bond donors (Lipinski definition) is 0. The average Bonchev–Trinajstić information content (AvgIpc) is 3.19. The van der Waals surface area contributed by atoms with Crippen LogP contribution in [-0.4, -0.2) is 28.9 Å². The predicted octanol–water partition coefficient (Wildman–Crippen LogP) is 9.85. The number of rotatable bonds is 8. The first-order valence-electron chi connectivity index (χ1n) is 16.0. The Kier molecular flexibility index (Phi) is 17.0. The predicted molar refractivity (Wildman–Crippen MR) is 195 cm³/mol. The molecule has 0 spiro atoms. The second-order valence-corrected chi connectivity index (χ2v) is 14.4. The maximum absolute atomic E-state index is 11.9. The molecule has 0 amide bonds. The van der Waals surface area contributed by atoms with Crippen molar-refractivity contribution in [2.75, 3.05) is 0 Å². The van der Waals surface area contributed by atoms with Crippen molar-refractivity contribution in [2.24, 2.45) is 0 Å². The second-order valence-electron chi connectivity index (χ2n) is 13.3. The van der Waals surface area contributed by atoms with Crippen molar-refractivity contribution in [1.82, 2.24) is 0 Å². The van der Waals surface area contributed by atoms with E-state index < -0.39 is 11.2 Å². The van der Waals surface area contributed by atoms with E-state index in [2.05, 4.69) is 80.4 Å². The van der Waals surface area contributed by atoms with Gasteiger partial charge in [0.15, 0.2) is 0 Å². The molecule has 5 nitrogen and oxygen atoms in total. The van der Waals surface area contributed by atoms with Crippen LogP contribution in [0.25, 0.3) is 0 Å². The third-order valence-corrected chi connectivity index (χ3v) is 8.23. The molecule has 4 rings (SSSR count). The van der Waals surface area contributed by atoms with Crippen molar-refractivity contribution < 1.29 is 23.9 Å². The lowest BCUT2D eigenvalue weighted by molar-refractivity contribution is -0.156. The van der Waals surface area contributed by atoms with Gasteiger partial charge in [-0.3, -0.25) is 14.4 Å². The van der Waals surface area contributed by atoms with E-state index >= 15 is 0 Å². The zero-order valence-electron chi connectivity index (χ0n) is 28.3.